The molecule has 0 saturated heterocycles. The van der Waals surface area contributed by atoms with Crippen molar-refractivity contribution in [3.8, 4) is 0 Å². The lowest BCUT2D eigenvalue weighted by molar-refractivity contribution is -0.301. The van der Waals surface area contributed by atoms with Crippen molar-refractivity contribution in [3.05, 3.63) is 120 Å². The van der Waals surface area contributed by atoms with Crippen LogP contribution >= 0.6 is 0 Å². The van der Waals surface area contributed by atoms with Crippen molar-refractivity contribution in [2.24, 2.45) is 0 Å². The second-order valence-corrected chi connectivity index (χ2v) is 11.2. The van der Waals surface area contributed by atoms with Crippen LogP contribution in [0.1, 0.15) is 11.1 Å². The van der Waals surface area contributed by atoms with Crippen LogP contribution in [0.25, 0.3) is 54.2 Å². The van der Waals surface area contributed by atoms with Crippen molar-refractivity contribution in [3.63, 3.8) is 0 Å². The third kappa shape index (κ3) is 3.46. The molecule has 5 heteroatoms. The second-order valence-electron chi connectivity index (χ2n) is 11.2. The highest BCUT2D eigenvalue weighted by molar-refractivity contribution is 6.41. The maximum absolute atomic E-state index is 14.6. The van der Waals surface area contributed by atoms with Gasteiger partial charge in [0, 0.05) is 60.9 Å². The standard InChI is InChI=1S/C37H30N2O3/c1-38(2)33-25-17-9-5-13-21(25)29(22-14-6-10-18-26(22)33)31-35(40)32(37(42)36(31)41)30-23-15-7-11-19-27(23)34(39(3)4)28-20-12-8-16-24(28)30/h5-20,40H,1-4H3,(H,41,42)/p-2. The van der Waals surface area contributed by atoms with Gasteiger partial charge in [-0.3, -0.25) is 4.79 Å². The molecule has 0 radical (unpaired) electrons. The zero-order chi connectivity index (χ0) is 29.3. The Bertz CT molecular complexity index is 2070. The van der Waals surface area contributed by atoms with E-state index in [-0.39, 0.29) is 11.1 Å². The van der Waals surface area contributed by atoms with Crippen molar-refractivity contribution in [2.75, 3.05) is 38.0 Å². The monoisotopic (exact) mass is 548 g/mol. The number of carbonyl (C=O) groups is 1. The van der Waals surface area contributed by atoms with Gasteiger partial charge >= 0.3 is 0 Å². The van der Waals surface area contributed by atoms with Crippen molar-refractivity contribution >= 4 is 71.4 Å². The Kier molecular flexibility index (Phi) is 5.73. The van der Waals surface area contributed by atoms with E-state index in [1.165, 1.54) is 0 Å². The minimum Gasteiger partial charge on any atom is -0.872 e. The molecule has 6 aromatic rings. The Morgan fingerprint density at radius 3 is 1.02 bits per heavy atom. The summed E-state index contributed by atoms with van der Waals surface area (Å²) < 4.78 is 0. The molecule has 206 valence electrons. The topological polar surface area (TPSA) is 69.7 Å². The highest BCUT2D eigenvalue weighted by Gasteiger charge is 2.30. The first-order valence-electron chi connectivity index (χ1n) is 13.9. The average Bonchev–Trinajstić information content (AvgIpc) is 3.20. The summed E-state index contributed by atoms with van der Waals surface area (Å²) in [7, 11) is 7.93. The first-order valence-corrected chi connectivity index (χ1v) is 13.9. The highest BCUT2D eigenvalue weighted by atomic mass is 16.3. The molecule has 0 heterocycles. The van der Waals surface area contributed by atoms with Crippen LogP contribution in [0.2, 0.25) is 0 Å². The molecule has 0 aliphatic heterocycles. The quantitative estimate of drug-likeness (QED) is 0.258. The number of benzene rings is 6. The molecule has 1 aliphatic rings. The summed E-state index contributed by atoms with van der Waals surface area (Å²) in [4.78, 5) is 18.1. The maximum atomic E-state index is 14.6. The number of ketones is 1. The van der Waals surface area contributed by atoms with E-state index in [9.17, 15) is 15.0 Å². The van der Waals surface area contributed by atoms with E-state index in [0.29, 0.717) is 11.1 Å². The van der Waals surface area contributed by atoms with E-state index >= 15 is 0 Å². The summed E-state index contributed by atoms with van der Waals surface area (Å²) in [5.74, 6) is -2.04. The minimum atomic E-state index is -0.757. The van der Waals surface area contributed by atoms with Crippen LogP contribution < -0.4 is 20.0 Å². The average molecular weight is 549 g/mol. The molecular formula is C37H28N2O3-2. The number of nitrogens with zero attached hydrogens (tertiary/aromatic N) is 2. The lowest BCUT2D eigenvalue weighted by atomic mass is 9.88. The van der Waals surface area contributed by atoms with Crippen LogP contribution in [0.3, 0.4) is 0 Å². The molecule has 0 unspecified atom stereocenters. The van der Waals surface area contributed by atoms with E-state index in [1.807, 2.05) is 135 Å². The van der Waals surface area contributed by atoms with Gasteiger partial charge in [0.05, 0.1) is 11.4 Å². The molecule has 0 N–H and O–H groups in total. The molecule has 6 aromatic carbocycles. The normalized spacial score (nSPS) is 13.8. The summed E-state index contributed by atoms with van der Waals surface area (Å²) in [6, 6.07) is 31.1. The van der Waals surface area contributed by atoms with Crippen LogP contribution in [0, 0.1) is 0 Å². The molecular weight excluding hydrogens is 520 g/mol. The van der Waals surface area contributed by atoms with Gasteiger partial charge in [0.15, 0.2) is 5.78 Å². The molecule has 0 bridgehead atoms. The van der Waals surface area contributed by atoms with Gasteiger partial charge in [0.25, 0.3) is 0 Å². The molecule has 1 aliphatic carbocycles. The number of hydrogen-bond acceptors (Lipinski definition) is 5. The molecule has 0 amide bonds. The minimum absolute atomic E-state index is 0.0578. The van der Waals surface area contributed by atoms with E-state index in [2.05, 4.69) is 0 Å². The number of hydrogen-bond donors (Lipinski definition) is 0. The third-order valence-corrected chi connectivity index (χ3v) is 8.31. The van der Waals surface area contributed by atoms with E-state index in [0.717, 1.165) is 54.5 Å². The molecule has 0 aromatic heterocycles. The Morgan fingerprint density at radius 2 is 0.714 bits per heavy atom. The lowest BCUT2D eigenvalue weighted by Crippen LogP contribution is -2.15. The van der Waals surface area contributed by atoms with Crippen molar-refractivity contribution < 1.29 is 15.0 Å². The first kappa shape index (κ1) is 25.7. The number of Topliss-reactive ketones (excluding diaryl/α,β-unsaturated/α-hetero) is 1. The number of carbonyl (C=O) groups excluding carboxylic acids is 1. The maximum Gasteiger partial charge on any atom is 0.178 e. The largest absolute Gasteiger partial charge is 0.872 e. The van der Waals surface area contributed by atoms with Gasteiger partial charge in [-0.2, -0.15) is 0 Å². The predicted octanol–water partition coefficient (Wildman–Crippen LogP) is 5.86. The van der Waals surface area contributed by atoms with E-state index < -0.39 is 17.3 Å². The molecule has 5 nitrogen and oxygen atoms in total. The van der Waals surface area contributed by atoms with Crippen LogP contribution in [0.5, 0.6) is 0 Å². The Hall–Kier alpha value is -5.29. The molecule has 42 heavy (non-hydrogen) atoms. The smallest absolute Gasteiger partial charge is 0.178 e. The van der Waals surface area contributed by atoms with Crippen molar-refractivity contribution in [1.29, 1.82) is 0 Å². The van der Waals surface area contributed by atoms with Gasteiger partial charge in [-0.1, -0.05) is 109 Å². The van der Waals surface area contributed by atoms with Gasteiger partial charge < -0.3 is 20.0 Å². The van der Waals surface area contributed by atoms with Crippen LogP contribution in [0.15, 0.2) is 109 Å². The van der Waals surface area contributed by atoms with Crippen molar-refractivity contribution in [1.82, 2.24) is 0 Å². The summed E-state index contributed by atoms with van der Waals surface area (Å²) in [6.07, 6.45) is 0. The van der Waals surface area contributed by atoms with Crippen LogP contribution in [-0.4, -0.2) is 34.0 Å². The van der Waals surface area contributed by atoms with Crippen molar-refractivity contribution in [2.45, 2.75) is 0 Å². The summed E-state index contributed by atoms with van der Waals surface area (Å²) in [5.41, 5.74) is 2.91. The summed E-state index contributed by atoms with van der Waals surface area (Å²) in [6.45, 7) is 0. The van der Waals surface area contributed by atoms with Gasteiger partial charge in [-0.15, -0.1) is 0 Å². The lowest BCUT2D eigenvalue weighted by Gasteiger charge is -2.26. The number of anilines is 2. The van der Waals surface area contributed by atoms with Gasteiger partial charge in [-0.25, -0.2) is 0 Å². The van der Waals surface area contributed by atoms with Gasteiger partial charge in [0.2, 0.25) is 0 Å². The van der Waals surface area contributed by atoms with Gasteiger partial charge in [0.1, 0.15) is 0 Å². The van der Waals surface area contributed by atoms with Gasteiger partial charge in [-0.05, 0) is 32.7 Å². The Balaban J connectivity index is 1.62. The van der Waals surface area contributed by atoms with Crippen LogP contribution in [-0.2, 0) is 4.79 Å². The predicted molar refractivity (Wildman–Crippen MR) is 170 cm³/mol. The van der Waals surface area contributed by atoms with E-state index in [4.69, 9.17) is 0 Å². The first-order chi connectivity index (χ1) is 20.3. The van der Waals surface area contributed by atoms with E-state index in [1.54, 1.807) is 0 Å². The zero-order valence-electron chi connectivity index (χ0n) is 23.9. The molecule has 0 atom stereocenters. The molecule has 0 fully saturated rings. The fourth-order valence-corrected chi connectivity index (χ4v) is 6.73. The Labute approximate surface area is 243 Å². The summed E-state index contributed by atoms with van der Waals surface area (Å²) in [5, 5.41) is 35.3. The Morgan fingerprint density at radius 1 is 0.429 bits per heavy atom. The van der Waals surface area contributed by atoms with Crippen LogP contribution in [0.4, 0.5) is 11.4 Å². The number of rotatable bonds is 4. The fraction of sp³-hybridized carbons (Fsp3) is 0.108. The molecule has 0 saturated carbocycles. The third-order valence-electron chi connectivity index (χ3n) is 8.31. The molecule has 0 spiro atoms. The summed E-state index contributed by atoms with van der Waals surface area (Å²) >= 11 is 0. The zero-order valence-corrected chi connectivity index (χ0v) is 23.9. The number of fused-ring (bicyclic) bond motifs is 4. The number of allylic oxidation sites excluding steroid dienone is 2. The second kappa shape index (κ2) is 9.38. The fourth-order valence-electron chi connectivity index (χ4n) is 6.73. The SMILES string of the molecule is CN(C)c1c2ccccc2c(C2=C([O-])C(c3c4ccccc4c(N(C)C)c4ccccc34)=C([O-])C2=O)c2ccccc12. The molecule has 7 rings (SSSR count). The highest BCUT2D eigenvalue weighted by Crippen LogP contribution is 2.48.